The van der Waals surface area contributed by atoms with Crippen LogP contribution in [-0.2, 0) is 14.2 Å². The van der Waals surface area contributed by atoms with Crippen molar-refractivity contribution < 1.29 is 38.0 Å². The zero-order chi connectivity index (χ0) is 20.0. The van der Waals surface area contributed by atoms with Gasteiger partial charge in [-0.2, -0.15) is 4.98 Å². The third kappa shape index (κ3) is 2.38. The van der Waals surface area contributed by atoms with Crippen LogP contribution in [0, 0.1) is 0 Å². The quantitative estimate of drug-likeness (QED) is 0.416. The molecular formula is C18H14N3O7+. The van der Waals surface area contributed by atoms with E-state index in [1.54, 1.807) is 0 Å². The Morgan fingerprint density at radius 2 is 1.75 bits per heavy atom. The highest BCUT2D eigenvalue weighted by Crippen LogP contribution is 2.35. The van der Waals surface area contributed by atoms with E-state index in [0.717, 1.165) is 0 Å². The maximum atomic E-state index is 12.5. The van der Waals surface area contributed by atoms with Crippen LogP contribution in [0.25, 0.3) is 32.9 Å². The van der Waals surface area contributed by atoms with Gasteiger partial charge in [0.1, 0.15) is 16.9 Å². The van der Waals surface area contributed by atoms with E-state index in [0.29, 0.717) is 32.9 Å². The van der Waals surface area contributed by atoms with E-state index in [9.17, 15) is 14.4 Å². The number of hydrogen-bond donors (Lipinski definition) is 1. The second-order valence-electron chi connectivity index (χ2n) is 5.81. The third-order valence-electron chi connectivity index (χ3n) is 4.38. The van der Waals surface area contributed by atoms with E-state index in [1.807, 2.05) is 0 Å². The van der Waals surface area contributed by atoms with Crippen molar-refractivity contribution in [1.29, 1.82) is 0 Å². The molecule has 0 spiro atoms. The second kappa shape index (κ2) is 6.34. The summed E-state index contributed by atoms with van der Waals surface area (Å²) in [4.78, 5) is 46.7. The van der Waals surface area contributed by atoms with Gasteiger partial charge in [-0.1, -0.05) is 0 Å². The van der Waals surface area contributed by atoms with Crippen LogP contribution in [0.1, 0.15) is 31.3 Å². The lowest BCUT2D eigenvalue weighted by Crippen LogP contribution is -2.11. The van der Waals surface area contributed by atoms with Crippen LogP contribution < -0.4 is 4.98 Å². The number of benzene rings is 1. The number of methoxy groups -OCH3 is 3. The smallest absolute Gasteiger partial charge is 0.356 e. The van der Waals surface area contributed by atoms with Crippen molar-refractivity contribution in [2.45, 2.75) is 0 Å². The summed E-state index contributed by atoms with van der Waals surface area (Å²) in [5.41, 5.74) is 1.71. The van der Waals surface area contributed by atoms with Gasteiger partial charge in [0.25, 0.3) is 5.52 Å². The molecule has 0 aliphatic heterocycles. The Hall–Kier alpha value is -3.95. The number of oxazole rings is 1. The van der Waals surface area contributed by atoms with Crippen LogP contribution in [0.5, 0.6) is 0 Å². The maximum absolute atomic E-state index is 12.5. The van der Waals surface area contributed by atoms with E-state index in [4.69, 9.17) is 18.6 Å². The summed E-state index contributed by atoms with van der Waals surface area (Å²) in [5.74, 6) is -1.99. The SMILES string of the molecule is COC(=O)c1cc2c(n1)c1c(C(=O)OC)cc(C(=O)OC)[nH]c1c1[nH+]coc21. The van der Waals surface area contributed by atoms with Gasteiger partial charge >= 0.3 is 24.3 Å². The van der Waals surface area contributed by atoms with Gasteiger partial charge in [-0.15, -0.1) is 0 Å². The number of H-pyrrole nitrogens is 2. The first-order chi connectivity index (χ1) is 13.5. The van der Waals surface area contributed by atoms with E-state index in [2.05, 4.69) is 15.0 Å². The molecule has 0 unspecified atom stereocenters. The molecule has 28 heavy (non-hydrogen) atoms. The molecule has 142 valence electrons. The Labute approximate surface area is 156 Å². The van der Waals surface area contributed by atoms with E-state index in [1.165, 1.54) is 39.9 Å². The highest BCUT2D eigenvalue weighted by atomic mass is 16.5. The Morgan fingerprint density at radius 1 is 1.04 bits per heavy atom. The Balaban J connectivity index is 2.23. The fourth-order valence-electron chi connectivity index (χ4n) is 3.16. The van der Waals surface area contributed by atoms with Crippen molar-refractivity contribution in [3.8, 4) is 0 Å². The molecule has 10 nitrogen and oxygen atoms in total. The number of fused-ring (bicyclic) bond motifs is 6. The Bertz CT molecular complexity index is 1290. The lowest BCUT2D eigenvalue weighted by molar-refractivity contribution is -0.353. The summed E-state index contributed by atoms with van der Waals surface area (Å²) >= 11 is 0. The summed E-state index contributed by atoms with van der Waals surface area (Å²) < 4.78 is 19.9. The molecule has 10 heteroatoms. The van der Waals surface area contributed by atoms with Crippen LogP contribution in [0.2, 0.25) is 0 Å². The molecule has 3 heterocycles. The fraction of sp³-hybridized carbons (Fsp3) is 0.167. The van der Waals surface area contributed by atoms with E-state index in [-0.39, 0.29) is 17.0 Å². The van der Waals surface area contributed by atoms with Crippen LogP contribution in [0.3, 0.4) is 0 Å². The molecule has 3 aromatic heterocycles. The first-order valence-corrected chi connectivity index (χ1v) is 8.03. The van der Waals surface area contributed by atoms with Gasteiger partial charge in [-0.05, 0) is 12.1 Å². The average molecular weight is 384 g/mol. The van der Waals surface area contributed by atoms with Gasteiger partial charge in [0, 0.05) is 5.39 Å². The molecule has 0 saturated heterocycles. The molecule has 0 aliphatic carbocycles. The molecule has 4 rings (SSSR count). The number of esters is 3. The van der Waals surface area contributed by atoms with Crippen LogP contribution >= 0.6 is 0 Å². The normalized spacial score (nSPS) is 11.1. The van der Waals surface area contributed by atoms with Crippen molar-refractivity contribution in [2.75, 3.05) is 21.3 Å². The average Bonchev–Trinajstić information content (AvgIpc) is 3.38. The maximum Gasteiger partial charge on any atom is 0.356 e. The predicted molar refractivity (Wildman–Crippen MR) is 93.9 cm³/mol. The highest BCUT2D eigenvalue weighted by molar-refractivity contribution is 6.25. The fourth-order valence-corrected chi connectivity index (χ4v) is 3.16. The molecule has 0 atom stereocenters. The number of ether oxygens (including phenoxy) is 3. The number of nitrogens with zero attached hydrogens (tertiary/aromatic N) is 1. The van der Waals surface area contributed by atoms with Crippen molar-refractivity contribution in [3.05, 3.63) is 35.5 Å². The topological polar surface area (TPSA) is 135 Å². The summed E-state index contributed by atoms with van der Waals surface area (Å²) in [6, 6.07) is 2.83. The minimum Gasteiger partial charge on any atom is -0.465 e. The number of carbonyl (C=O) groups excluding carboxylic acids is 3. The summed E-state index contributed by atoms with van der Waals surface area (Å²) in [5, 5.41) is 0.850. The largest absolute Gasteiger partial charge is 0.465 e. The Kier molecular flexibility index (Phi) is 3.95. The van der Waals surface area contributed by atoms with Crippen molar-refractivity contribution in [1.82, 2.24) is 9.97 Å². The van der Waals surface area contributed by atoms with Gasteiger partial charge in [-0.3, -0.25) is 0 Å². The van der Waals surface area contributed by atoms with Gasteiger partial charge in [0.2, 0.25) is 5.58 Å². The molecule has 2 N–H and O–H groups in total. The van der Waals surface area contributed by atoms with Gasteiger partial charge in [0.15, 0.2) is 0 Å². The zero-order valence-corrected chi connectivity index (χ0v) is 15.0. The first kappa shape index (κ1) is 17.5. The molecule has 0 aliphatic rings. The predicted octanol–water partition coefficient (Wildman–Crippen LogP) is 1.64. The molecule has 0 radical (unpaired) electrons. The van der Waals surface area contributed by atoms with E-state index < -0.39 is 17.9 Å². The van der Waals surface area contributed by atoms with Crippen molar-refractivity contribution in [3.63, 3.8) is 0 Å². The Morgan fingerprint density at radius 3 is 2.43 bits per heavy atom. The highest BCUT2D eigenvalue weighted by Gasteiger charge is 2.27. The third-order valence-corrected chi connectivity index (χ3v) is 4.38. The van der Waals surface area contributed by atoms with Crippen molar-refractivity contribution >= 4 is 50.8 Å². The van der Waals surface area contributed by atoms with Gasteiger partial charge < -0.3 is 23.6 Å². The van der Waals surface area contributed by atoms with Gasteiger partial charge in [-0.25, -0.2) is 19.4 Å². The molecule has 0 bridgehead atoms. The number of hydrogen-bond acceptors (Lipinski definition) is 8. The van der Waals surface area contributed by atoms with Crippen LogP contribution in [0.4, 0.5) is 0 Å². The standard InChI is InChI=1S/C18H13N3O7/c1-25-16(22)7-4-9(17(23)26-2)21-13-11(7)12-8(15-14(13)19-6-28-15)5-10(20-12)18(24)27-3/h4-6,21H,1-3H3/p+1. The van der Waals surface area contributed by atoms with Crippen molar-refractivity contribution in [2.24, 2.45) is 0 Å². The number of rotatable bonds is 3. The molecule has 4 aromatic rings. The van der Waals surface area contributed by atoms with Gasteiger partial charge in [0.05, 0.1) is 37.8 Å². The molecular weight excluding hydrogens is 370 g/mol. The second-order valence-corrected chi connectivity index (χ2v) is 5.81. The molecule has 1 aromatic carbocycles. The summed E-state index contributed by atoms with van der Waals surface area (Å²) in [6.07, 6.45) is 1.34. The molecule has 0 saturated carbocycles. The lowest BCUT2D eigenvalue weighted by Gasteiger charge is -2.08. The molecule has 0 amide bonds. The number of aromatic amines is 2. The number of aromatic nitrogens is 3. The monoisotopic (exact) mass is 384 g/mol. The number of nitrogens with one attached hydrogen (secondary N) is 2. The van der Waals surface area contributed by atoms with Crippen LogP contribution in [-0.4, -0.2) is 49.2 Å². The van der Waals surface area contributed by atoms with E-state index >= 15 is 0 Å². The van der Waals surface area contributed by atoms with Crippen LogP contribution in [0.15, 0.2) is 22.9 Å². The minimum atomic E-state index is -0.684. The lowest BCUT2D eigenvalue weighted by atomic mass is 10.0. The first-order valence-electron chi connectivity index (χ1n) is 8.03. The number of pyridine rings is 1. The summed E-state index contributed by atoms with van der Waals surface area (Å²) in [6.45, 7) is 0. The minimum absolute atomic E-state index is 0.0328. The zero-order valence-electron chi connectivity index (χ0n) is 15.0. The molecule has 0 fully saturated rings. The number of carbonyl (C=O) groups is 3. The summed E-state index contributed by atoms with van der Waals surface area (Å²) in [7, 11) is 3.69.